The van der Waals surface area contributed by atoms with Crippen LogP contribution in [0.3, 0.4) is 0 Å². The lowest BCUT2D eigenvalue weighted by molar-refractivity contribution is -0.142. The van der Waals surface area contributed by atoms with Gasteiger partial charge in [0.25, 0.3) is 0 Å². The molecular weight excluding hydrogens is 232 g/mol. The van der Waals surface area contributed by atoms with Gasteiger partial charge in [-0.1, -0.05) is 19.3 Å². The Bertz CT molecular complexity index is 330. The monoisotopic (exact) mass is 252 g/mol. The van der Waals surface area contributed by atoms with Gasteiger partial charge in [0.15, 0.2) is 0 Å². The highest BCUT2D eigenvalue weighted by Crippen LogP contribution is 2.23. The quantitative estimate of drug-likeness (QED) is 0.705. The summed E-state index contributed by atoms with van der Waals surface area (Å²) in [4.78, 5) is 22.9. The van der Waals surface area contributed by atoms with Crippen LogP contribution in [0, 0.1) is 17.2 Å². The summed E-state index contributed by atoms with van der Waals surface area (Å²) < 4.78 is 0. The number of amides is 1. The van der Waals surface area contributed by atoms with E-state index in [2.05, 4.69) is 5.32 Å². The Morgan fingerprint density at radius 1 is 1.33 bits per heavy atom. The number of hydrogen-bond acceptors (Lipinski definition) is 3. The van der Waals surface area contributed by atoms with E-state index in [1.165, 1.54) is 0 Å². The number of carboxylic acid groups (broad SMARTS) is 1. The Hall–Kier alpha value is -1.57. The fraction of sp³-hybridized carbons (Fsp3) is 0.769. The number of carbonyl (C=O) groups is 2. The number of rotatable bonds is 6. The van der Waals surface area contributed by atoms with Crippen molar-refractivity contribution in [1.29, 1.82) is 5.26 Å². The lowest BCUT2D eigenvalue weighted by atomic mass is 9.88. The second-order valence-corrected chi connectivity index (χ2v) is 4.78. The van der Waals surface area contributed by atoms with E-state index in [4.69, 9.17) is 10.4 Å². The summed E-state index contributed by atoms with van der Waals surface area (Å²) in [6.45, 7) is 0. The van der Waals surface area contributed by atoms with Crippen molar-refractivity contribution in [3.05, 3.63) is 0 Å². The molecule has 1 aliphatic carbocycles. The van der Waals surface area contributed by atoms with Gasteiger partial charge in [-0.25, -0.2) is 4.79 Å². The first-order valence-corrected chi connectivity index (χ1v) is 6.55. The summed E-state index contributed by atoms with van der Waals surface area (Å²) in [5.74, 6) is -1.19. The standard InChI is InChI=1S/C13H20N2O3/c14-9-5-4-8-11(13(17)18)15-12(16)10-6-2-1-3-7-10/h10-11H,1-8H2,(H,15,16)(H,17,18)/t11-/m0/s1. The molecule has 100 valence electrons. The van der Waals surface area contributed by atoms with E-state index in [0.29, 0.717) is 19.3 Å². The molecule has 0 aromatic rings. The number of unbranched alkanes of at least 4 members (excludes halogenated alkanes) is 1. The number of nitriles is 1. The van der Waals surface area contributed by atoms with Gasteiger partial charge in [-0.15, -0.1) is 0 Å². The second-order valence-electron chi connectivity index (χ2n) is 4.78. The third-order valence-corrected chi connectivity index (χ3v) is 3.37. The van der Waals surface area contributed by atoms with Crippen LogP contribution >= 0.6 is 0 Å². The lowest BCUT2D eigenvalue weighted by Gasteiger charge is -2.23. The molecule has 1 fully saturated rings. The summed E-state index contributed by atoms with van der Waals surface area (Å²) in [5, 5.41) is 20.0. The molecule has 5 nitrogen and oxygen atoms in total. The van der Waals surface area contributed by atoms with Crippen molar-refractivity contribution in [2.45, 2.75) is 57.4 Å². The Morgan fingerprint density at radius 2 is 2.00 bits per heavy atom. The summed E-state index contributed by atoms with van der Waals surface area (Å²) in [6, 6.07) is 1.12. The van der Waals surface area contributed by atoms with Gasteiger partial charge in [-0.2, -0.15) is 5.26 Å². The highest BCUT2D eigenvalue weighted by Gasteiger charge is 2.25. The minimum Gasteiger partial charge on any atom is -0.480 e. The maximum Gasteiger partial charge on any atom is 0.326 e. The van der Waals surface area contributed by atoms with Crippen molar-refractivity contribution in [2.24, 2.45) is 5.92 Å². The van der Waals surface area contributed by atoms with Crippen LogP contribution in [0.1, 0.15) is 51.4 Å². The van der Waals surface area contributed by atoms with E-state index in [1.807, 2.05) is 6.07 Å². The first-order valence-electron chi connectivity index (χ1n) is 6.55. The Kier molecular flexibility index (Phi) is 6.20. The summed E-state index contributed by atoms with van der Waals surface area (Å²) in [7, 11) is 0. The fourth-order valence-corrected chi connectivity index (χ4v) is 2.30. The molecule has 5 heteroatoms. The normalized spacial score (nSPS) is 17.7. The molecule has 0 heterocycles. The number of aliphatic carboxylic acids is 1. The second kappa shape index (κ2) is 7.70. The highest BCUT2D eigenvalue weighted by molar-refractivity contribution is 5.84. The van der Waals surface area contributed by atoms with Crippen LogP contribution in [0.5, 0.6) is 0 Å². The van der Waals surface area contributed by atoms with Crippen LogP contribution in [0.2, 0.25) is 0 Å². The van der Waals surface area contributed by atoms with Gasteiger partial charge in [0.2, 0.25) is 5.91 Å². The molecule has 0 spiro atoms. The van der Waals surface area contributed by atoms with Crippen molar-refractivity contribution >= 4 is 11.9 Å². The van der Waals surface area contributed by atoms with E-state index in [1.54, 1.807) is 0 Å². The topological polar surface area (TPSA) is 90.2 Å². The maximum absolute atomic E-state index is 11.9. The van der Waals surface area contributed by atoms with Crippen molar-refractivity contribution in [1.82, 2.24) is 5.32 Å². The molecule has 0 aromatic heterocycles. The van der Waals surface area contributed by atoms with E-state index in [-0.39, 0.29) is 11.8 Å². The molecular formula is C13H20N2O3. The van der Waals surface area contributed by atoms with Crippen LogP contribution in [-0.4, -0.2) is 23.0 Å². The van der Waals surface area contributed by atoms with E-state index in [9.17, 15) is 9.59 Å². The van der Waals surface area contributed by atoms with Gasteiger partial charge in [0.05, 0.1) is 6.07 Å². The third kappa shape index (κ3) is 4.74. The van der Waals surface area contributed by atoms with E-state index < -0.39 is 12.0 Å². The van der Waals surface area contributed by atoms with Gasteiger partial charge < -0.3 is 10.4 Å². The van der Waals surface area contributed by atoms with Gasteiger partial charge in [-0.3, -0.25) is 4.79 Å². The average Bonchev–Trinajstić information content (AvgIpc) is 2.38. The minimum atomic E-state index is -1.02. The predicted molar refractivity (Wildman–Crippen MR) is 65.6 cm³/mol. The molecule has 0 bridgehead atoms. The summed E-state index contributed by atoms with van der Waals surface area (Å²) in [6.07, 6.45) is 6.11. The highest BCUT2D eigenvalue weighted by atomic mass is 16.4. The van der Waals surface area contributed by atoms with Gasteiger partial charge in [-0.05, 0) is 25.7 Å². The summed E-state index contributed by atoms with van der Waals surface area (Å²) in [5.41, 5.74) is 0. The molecule has 1 rings (SSSR count). The average molecular weight is 252 g/mol. The van der Waals surface area contributed by atoms with Crippen LogP contribution in [0.4, 0.5) is 0 Å². The predicted octanol–water partition coefficient (Wildman–Crippen LogP) is 1.83. The number of carboxylic acids is 1. The van der Waals surface area contributed by atoms with E-state index in [0.717, 1.165) is 32.1 Å². The number of hydrogen-bond donors (Lipinski definition) is 2. The first-order chi connectivity index (χ1) is 8.65. The number of nitrogens with zero attached hydrogens (tertiary/aromatic N) is 1. The minimum absolute atomic E-state index is 0.0310. The van der Waals surface area contributed by atoms with Crippen LogP contribution < -0.4 is 5.32 Å². The molecule has 1 atom stereocenters. The molecule has 0 unspecified atom stereocenters. The van der Waals surface area contributed by atoms with E-state index >= 15 is 0 Å². The van der Waals surface area contributed by atoms with Crippen LogP contribution in [0.25, 0.3) is 0 Å². The molecule has 0 radical (unpaired) electrons. The van der Waals surface area contributed by atoms with Crippen molar-refractivity contribution in [3.63, 3.8) is 0 Å². The Balaban J connectivity index is 2.41. The zero-order valence-corrected chi connectivity index (χ0v) is 10.5. The Labute approximate surface area is 107 Å². The molecule has 2 N–H and O–H groups in total. The third-order valence-electron chi connectivity index (χ3n) is 3.37. The molecule has 0 aliphatic heterocycles. The van der Waals surface area contributed by atoms with Crippen molar-refractivity contribution in [2.75, 3.05) is 0 Å². The largest absolute Gasteiger partial charge is 0.480 e. The van der Waals surface area contributed by atoms with Gasteiger partial charge in [0.1, 0.15) is 6.04 Å². The maximum atomic E-state index is 11.9. The zero-order valence-electron chi connectivity index (χ0n) is 10.5. The molecule has 1 amide bonds. The Morgan fingerprint density at radius 3 is 2.56 bits per heavy atom. The van der Waals surface area contributed by atoms with Crippen molar-refractivity contribution in [3.8, 4) is 6.07 Å². The van der Waals surface area contributed by atoms with Gasteiger partial charge in [0, 0.05) is 12.3 Å². The molecule has 0 saturated heterocycles. The fourth-order valence-electron chi connectivity index (χ4n) is 2.30. The molecule has 0 aromatic carbocycles. The first kappa shape index (κ1) is 14.5. The molecule has 1 saturated carbocycles. The van der Waals surface area contributed by atoms with Crippen LogP contribution in [-0.2, 0) is 9.59 Å². The summed E-state index contributed by atoms with van der Waals surface area (Å²) >= 11 is 0. The molecule has 18 heavy (non-hydrogen) atoms. The van der Waals surface area contributed by atoms with Crippen molar-refractivity contribution < 1.29 is 14.7 Å². The van der Waals surface area contributed by atoms with Crippen LogP contribution in [0.15, 0.2) is 0 Å². The lowest BCUT2D eigenvalue weighted by Crippen LogP contribution is -2.44. The van der Waals surface area contributed by atoms with Gasteiger partial charge >= 0.3 is 5.97 Å². The molecule has 1 aliphatic rings. The number of nitrogens with one attached hydrogen (secondary N) is 1. The zero-order chi connectivity index (χ0) is 13.4. The SMILES string of the molecule is N#CCCC[C@H](NC(=O)C1CCCCC1)C(=O)O. The number of carbonyl (C=O) groups excluding carboxylic acids is 1. The smallest absolute Gasteiger partial charge is 0.326 e.